The van der Waals surface area contributed by atoms with Crippen molar-refractivity contribution < 1.29 is 0 Å². The van der Waals surface area contributed by atoms with Crippen LogP contribution >= 0.6 is 0 Å². The van der Waals surface area contributed by atoms with Gasteiger partial charge in [0.15, 0.2) is 0 Å². The molecule has 0 spiro atoms. The van der Waals surface area contributed by atoms with E-state index >= 15 is 0 Å². The summed E-state index contributed by atoms with van der Waals surface area (Å²) in [5.74, 6) is 0. The van der Waals surface area contributed by atoms with Gasteiger partial charge in [0.25, 0.3) is 0 Å². The third-order valence-corrected chi connectivity index (χ3v) is 3.31. The topological polar surface area (TPSA) is 28.1 Å². The van der Waals surface area contributed by atoms with Gasteiger partial charge in [0.1, 0.15) is 0 Å². The predicted molar refractivity (Wildman–Crippen MR) is 74.4 cm³/mol. The second kappa shape index (κ2) is 4.74. The lowest BCUT2D eigenvalue weighted by Crippen LogP contribution is -1.86. The molecule has 0 saturated carbocycles. The van der Waals surface area contributed by atoms with Crippen molar-refractivity contribution in [2.24, 2.45) is 4.99 Å². The van der Waals surface area contributed by atoms with E-state index < -0.39 is 0 Å². The Morgan fingerprint density at radius 3 is 2.59 bits per heavy atom. The molecule has 0 aliphatic carbocycles. The SMILES string of the molecule is CCC1=C(C)C=N/C1=C\c1[nH]c(CC)cc1C. The lowest BCUT2D eigenvalue weighted by Gasteiger charge is -2.01. The van der Waals surface area contributed by atoms with Crippen molar-refractivity contribution in [2.75, 3.05) is 0 Å². The van der Waals surface area contributed by atoms with Crippen LogP contribution in [0.15, 0.2) is 27.9 Å². The van der Waals surface area contributed by atoms with Gasteiger partial charge < -0.3 is 4.98 Å². The van der Waals surface area contributed by atoms with Gasteiger partial charge in [-0.2, -0.15) is 0 Å². The van der Waals surface area contributed by atoms with Crippen LogP contribution in [0.3, 0.4) is 0 Å². The van der Waals surface area contributed by atoms with E-state index in [1.807, 2.05) is 6.21 Å². The third kappa shape index (κ3) is 2.26. The summed E-state index contributed by atoms with van der Waals surface area (Å²) in [6, 6.07) is 2.22. The monoisotopic (exact) mass is 228 g/mol. The fourth-order valence-corrected chi connectivity index (χ4v) is 2.23. The van der Waals surface area contributed by atoms with E-state index in [9.17, 15) is 0 Å². The van der Waals surface area contributed by atoms with Gasteiger partial charge >= 0.3 is 0 Å². The van der Waals surface area contributed by atoms with Gasteiger partial charge in [-0.05, 0) is 55.5 Å². The number of aromatic nitrogens is 1. The number of H-pyrrole nitrogens is 1. The molecule has 1 aliphatic rings. The van der Waals surface area contributed by atoms with Crippen LogP contribution in [-0.2, 0) is 6.42 Å². The molecule has 1 N–H and O–H groups in total. The van der Waals surface area contributed by atoms with Crippen LogP contribution < -0.4 is 0 Å². The molecule has 17 heavy (non-hydrogen) atoms. The summed E-state index contributed by atoms with van der Waals surface area (Å²) in [7, 11) is 0. The molecule has 0 saturated heterocycles. The average molecular weight is 228 g/mol. The predicted octanol–water partition coefficient (Wildman–Crippen LogP) is 4.04. The average Bonchev–Trinajstić information content (AvgIpc) is 2.84. The molecule has 0 bridgehead atoms. The van der Waals surface area contributed by atoms with Crippen molar-refractivity contribution in [3.05, 3.63) is 39.9 Å². The summed E-state index contributed by atoms with van der Waals surface area (Å²) >= 11 is 0. The van der Waals surface area contributed by atoms with Crippen molar-refractivity contribution in [2.45, 2.75) is 40.5 Å². The Morgan fingerprint density at radius 2 is 2.00 bits per heavy atom. The van der Waals surface area contributed by atoms with Gasteiger partial charge in [0.05, 0.1) is 5.70 Å². The normalized spacial score (nSPS) is 17.5. The number of aromatic amines is 1. The van der Waals surface area contributed by atoms with E-state index in [0.717, 1.165) is 18.5 Å². The Labute approximate surface area is 103 Å². The van der Waals surface area contributed by atoms with Crippen molar-refractivity contribution in [1.82, 2.24) is 4.98 Å². The fourth-order valence-electron chi connectivity index (χ4n) is 2.23. The van der Waals surface area contributed by atoms with Gasteiger partial charge in [0, 0.05) is 17.6 Å². The van der Waals surface area contributed by atoms with E-state index in [-0.39, 0.29) is 0 Å². The fraction of sp³-hybridized carbons (Fsp3) is 0.400. The molecule has 0 fully saturated rings. The smallest absolute Gasteiger partial charge is 0.0685 e. The van der Waals surface area contributed by atoms with Crippen LogP contribution in [0, 0.1) is 6.92 Å². The first-order valence-electron chi connectivity index (χ1n) is 6.30. The lowest BCUT2D eigenvalue weighted by atomic mass is 10.1. The number of aliphatic imine (C=N–C) groups is 1. The zero-order valence-corrected chi connectivity index (χ0v) is 11.1. The number of nitrogens with one attached hydrogen (secondary N) is 1. The Balaban J connectivity index is 2.37. The minimum absolute atomic E-state index is 1.04. The van der Waals surface area contributed by atoms with Gasteiger partial charge in [-0.25, -0.2) is 0 Å². The molecule has 2 rings (SSSR count). The highest BCUT2D eigenvalue weighted by Crippen LogP contribution is 2.27. The summed E-state index contributed by atoms with van der Waals surface area (Å²) in [6.07, 6.45) is 6.21. The molecule has 1 aromatic heterocycles. The largest absolute Gasteiger partial charge is 0.359 e. The second-order valence-electron chi connectivity index (χ2n) is 4.55. The summed E-state index contributed by atoms with van der Waals surface area (Å²) in [6.45, 7) is 8.61. The zero-order chi connectivity index (χ0) is 12.4. The molecule has 1 aliphatic heterocycles. The number of nitrogens with zero attached hydrogens (tertiary/aromatic N) is 1. The highest BCUT2D eigenvalue weighted by atomic mass is 14.8. The number of rotatable bonds is 3. The van der Waals surface area contributed by atoms with Crippen LogP contribution in [0.25, 0.3) is 6.08 Å². The highest BCUT2D eigenvalue weighted by Gasteiger charge is 2.12. The first-order chi connectivity index (χ1) is 8.15. The summed E-state index contributed by atoms with van der Waals surface area (Å²) in [5.41, 5.74) is 7.53. The highest BCUT2D eigenvalue weighted by molar-refractivity contribution is 5.87. The Bertz CT molecular complexity index is 513. The number of hydrogen-bond acceptors (Lipinski definition) is 1. The first kappa shape index (κ1) is 11.9. The lowest BCUT2D eigenvalue weighted by molar-refractivity contribution is 1.06. The Kier molecular flexibility index (Phi) is 3.32. The van der Waals surface area contributed by atoms with Gasteiger partial charge in [0.2, 0.25) is 0 Å². The minimum atomic E-state index is 1.04. The van der Waals surface area contributed by atoms with Gasteiger partial charge in [-0.15, -0.1) is 0 Å². The number of allylic oxidation sites excluding steroid dienone is 2. The molecule has 0 aromatic carbocycles. The van der Waals surface area contributed by atoms with E-state index in [0.29, 0.717) is 0 Å². The summed E-state index contributed by atoms with van der Waals surface area (Å²) in [5, 5.41) is 0. The van der Waals surface area contributed by atoms with Crippen LogP contribution in [0.4, 0.5) is 0 Å². The van der Waals surface area contributed by atoms with Crippen LogP contribution in [0.5, 0.6) is 0 Å². The molecular formula is C15H20N2. The third-order valence-electron chi connectivity index (χ3n) is 3.31. The Hall–Kier alpha value is -1.57. The number of hydrogen-bond donors (Lipinski definition) is 1. The standard InChI is InChI=1S/C15H20N2/c1-5-12-7-10(3)14(17-12)8-15-13(6-2)11(4)9-16-15/h7-9,17H,5-6H2,1-4H3/b15-8-. The molecule has 1 aromatic rings. The molecule has 0 atom stereocenters. The second-order valence-corrected chi connectivity index (χ2v) is 4.55. The first-order valence-corrected chi connectivity index (χ1v) is 6.30. The van der Waals surface area contributed by atoms with Crippen molar-refractivity contribution in [3.8, 4) is 0 Å². The molecule has 0 radical (unpaired) electrons. The molecule has 0 amide bonds. The maximum Gasteiger partial charge on any atom is 0.0685 e. The van der Waals surface area contributed by atoms with Crippen molar-refractivity contribution in [3.63, 3.8) is 0 Å². The van der Waals surface area contributed by atoms with Crippen LogP contribution in [0.1, 0.15) is 44.1 Å². The molecule has 2 heterocycles. The Morgan fingerprint density at radius 1 is 1.24 bits per heavy atom. The number of aryl methyl sites for hydroxylation is 2. The maximum atomic E-state index is 4.48. The van der Waals surface area contributed by atoms with Gasteiger partial charge in [-0.3, -0.25) is 4.99 Å². The van der Waals surface area contributed by atoms with E-state index in [1.165, 1.54) is 28.1 Å². The zero-order valence-electron chi connectivity index (χ0n) is 11.1. The molecule has 0 unspecified atom stereocenters. The maximum absolute atomic E-state index is 4.48. The minimum Gasteiger partial charge on any atom is -0.359 e. The molecular weight excluding hydrogens is 208 g/mol. The van der Waals surface area contributed by atoms with Crippen LogP contribution in [0.2, 0.25) is 0 Å². The molecule has 2 heteroatoms. The van der Waals surface area contributed by atoms with E-state index in [1.54, 1.807) is 0 Å². The van der Waals surface area contributed by atoms with Gasteiger partial charge in [-0.1, -0.05) is 13.8 Å². The van der Waals surface area contributed by atoms with Crippen molar-refractivity contribution >= 4 is 12.3 Å². The molecule has 90 valence electrons. The van der Waals surface area contributed by atoms with E-state index in [4.69, 9.17) is 0 Å². The van der Waals surface area contributed by atoms with Crippen LogP contribution in [-0.4, -0.2) is 11.2 Å². The van der Waals surface area contributed by atoms with E-state index in [2.05, 4.69) is 49.8 Å². The van der Waals surface area contributed by atoms with Crippen molar-refractivity contribution in [1.29, 1.82) is 0 Å². The summed E-state index contributed by atoms with van der Waals surface area (Å²) < 4.78 is 0. The molecule has 2 nitrogen and oxygen atoms in total. The summed E-state index contributed by atoms with van der Waals surface area (Å²) in [4.78, 5) is 7.93. The quantitative estimate of drug-likeness (QED) is 0.809.